The first-order chi connectivity index (χ1) is 4.09. The molecule has 9 heavy (non-hydrogen) atoms. The van der Waals surface area contributed by atoms with Gasteiger partial charge in [-0.1, -0.05) is 27.7 Å². The minimum Gasteiger partial charge on any atom is -0.297 e. The van der Waals surface area contributed by atoms with Gasteiger partial charge >= 0.3 is 0 Å². The van der Waals surface area contributed by atoms with Crippen LogP contribution in [0.15, 0.2) is 4.99 Å². The SMILES string of the molecule is C=NC(C(C)C)C(C)C. The van der Waals surface area contributed by atoms with Gasteiger partial charge in [-0.15, -0.1) is 0 Å². The summed E-state index contributed by atoms with van der Waals surface area (Å²) in [6, 6.07) is 0.435. The summed E-state index contributed by atoms with van der Waals surface area (Å²) in [5, 5.41) is 0. The van der Waals surface area contributed by atoms with Crippen molar-refractivity contribution in [2.45, 2.75) is 33.7 Å². The average molecular weight is 127 g/mol. The molecule has 0 aromatic rings. The molecule has 0 unspecified atom stereocenters. The predicted molar refractivity (Wildman–Crippen MR) is 43.0 cm³/mol. The average Bonchev–Trinajstić information content (AvgIpc) is 1.64. The number of hydrogen-bond acceptors (Lipinski definition) is 1. The van der Waals surface area contributed by atoms with Crippen molar-refractivity contribution in [1.29, 1.82) is 0 Å². The normalized spacial score (nSPS) is 11.4. The highest BCUT2D eigenvalue weighted by Gasteiger charge is 2.13. The molecule has 0 saturated heterocycles. The Morgan fingerprint density at radius 3 is 1.33 bits per heavy atom. The van der Waals surface area contributed by atoms with Gasteiger partial charge in [-0.2, -0.15) is 0 Å². The fourth-order valence-corrected chi connectivity index (χ4v) is 1.19. The van der Waals surface area contributed by atoms with Crippen LogP contribution in [-0.2, 0) is 0 Å². The summed E-state index contributed by atoms with van der Waals surface area (Å²) >= 11 is 0. The molecule has 0 aliphatic rings. The lowest BCUT2D eigenvalue weighted by Crippen LogP contribution is -2.18. The van der Waals surface area contributed by atoms with Crippen LogP contribution in [0.4, 0.5) is 0 Å². The first kappa shape index (κ1) is 8.67. The molecule has 0 radical (unpaired) electrons. The first-order valence-corrected chi connectivity index (χ1v) is 3.55. The third-order valence-corrected chi connectivity index (χ3v) is 1.58. The van der Waals surface area contributed by atoms with E-state index in [1.807, 2.05) is 0 Å². The summed E-state index contributed by atoms with van der Waals surface area (Å²) < 4.78 is 0. The monoisotopic (exact) mass is 127 g/mol. The Bertz CT molecular complexity index is 76.6. The second-order valence-electron chi connectivity index (χ2n) is 3.16. The molecule has 0 rings (SSSR count). The van der Waals surface area contributed by atoms with Crippen LogP contribution in [0.1, 0.15) is 27.7 Å². The van der Waals surface area contributed by atoms with Gasteiger partial charge in [0, 0.05) is 0 Å². The second-order valence-corrected chi connectivity index (χ2v) is 3.16. The number of hydrogen-bond donors (Lipinski definition) is 0. The van der Waals surface area contributed by atoms with Crippen molar-refractivity contribution in [2.24, 2.45) is 16.8 Å². The second kappa shape index (κ2) is 3.65. The molecule has 0 bridgehead atoms. The minimum atomic E-state index is 0.435. The summed E-state index contributed by atoms with van der Waals surface area (Å²) in [6.45, 7) is 12.3. The highest BCUT2D eigenvalue weighted by Crippen LogP contribution is 2.14. The van der Waals surface area contributed by atoms with E-state index < -0.39 is 0 Å². The molecular weight excluding hydrogens is 110 g/mol. The molecule has 0 aliphatic carbocycles. The fraction of sp³-hybridized carbons (Fsp3) is 0.875. The molecule has 0 aromatic carbocycles. The zero-order valence-electron chi connectivity index (χ0n) is 6.89. The lowest BCUT2D eigenvalue weighted by atomic mass is 9.94. The maximum Gasteiger partial charge on any atom is 0.0538 e. The lowest BCUT2D eigenvalue weighted by molar-refractivity contribution is 0.391. The van der Waals surface area contributed by atoms with Crippen molar-refractivity contribution in [3.8, 4) is 0 Å². The molecule has 0 heterocycles. The summed E-state index contributed by atoms with van der Waals surface area (Å²) in [5.74, 6) is 1.25. The van der Waals surface area contributed by atoms with Gasteiger partial charge in [-0.05, 0) is 18.6 Å². The number of aliphatic imine (C=N–C) groups is 1. The molecule has 0 fully saturated rings. The van der Waals surface area contributed by atoms with Crippen LogP contribution < -0.4 is 0 Å². The molecule has 0 saturated carbocycles. The van der Waals surface area contributed by atoms with Crippen molar-refractivity contribution < 1.29 is 0 Å². The van der Waals surface area contributed by atoms with Gasteiger partial charge in [0.1, 0.15) is 0 Å². The van der Waals surface area contributed by atoms with Crippen LogP contribution in [0.25, 0.3) is 0 Å². The quantitative estimate of drug-likeness (QED) is 0.516. The topological polar surface area (TPSA) is 12.4 Å². The van der Waals surface area contributed by atoms with Crippen molar-refractivity contribution >= 4 is 6.72 Å². The maximum atomic E-state index is 4.04. The number of nitrogens with zero attached hydrogens (tertiary/aromatic N) is 1. The zero-order chi connectivity index (χ0) is 7.44. The molecule has 0 N–H and O–H groups in total. The van der Waals surface area contributed by atoms with Crippen molar-refractivity contribution in [3.05, 3.63) is 0 Å². The van der Waals surface area contributed by atoms with E-state index in [1.54, 1.807) is 0 Å². The Kier molecular flexibility index (Phi) is 3.52. The maximum absolute atomic E-state index is 4.04. The molecule has 1 nitrogen and oxygen atoms in total. The standard InChI is InChI=1S/C8H17N/c1-6(2)8(9-5)7(3)4/h6-8H,5H2,1-4H3. The van der Waals surface area contributed by atoms with Crippen molar-refractivity contribution in [2.75, 3.05) is 0 Å². The lowest BCUT2D eigenvalue weighted by Gasteiger charge is -2.19. The van der Waals surface area contributed by atoms with E-state index in [4.69, 9.17) is 0 Å². The zero-order valence-corrected chi connectivity index (χ0v) is 6.89. The van der Waals surface area contributed by atoms with Gasteiger partial charge < -0.3 is 0 Å². The highest BCUT2D eigenvalue weighted by atomic mass is 14.8. The molecule has 1 heteroatoms. The van der Waals surface area contributed by atoms with Gasteiger partial charge in [-0.3, -0.25) is 4.99 Å². The first-order valence-electron chi connectivity index (χ1n) is 3.55. The Hall–Kier alpha value is -0.330. The van der Waals surface area contributed by atoms with Crippen LogP contribution in [0.3, 0.4) is 0 Å². The van der Waals surface area contributed by atoms with E-state index in [1.165, 1.54) is 0 Å². The molecule has 0 atom stereocenters. The van der Waals surface area contributed by atoms with E-state index in [-0.39, 0.29) is 0 Å². The van der Waals surface area contributed by atoms with Crippen LogP contribution in [0.5, 0.6) is 0 Å². The Morgan fingerprint density at radius 2 is 1.33 bits per heavy atom. The van der Waals surface area contributed by atoms with Crippen LogP contribution in [0, 0.1) is 11.8 Å². The Labute approximate surface area is 58.2 Å². The molecule has 54 valence electrons. The molecule has 0 aromatic heterocycles. The van der Waals surface area contributed by atoms with Gasteiger partial charge in [0.05, 0.1) is 6.04 Å². The summed E-state index contributed by atoms with van der Waals surface area (Å²) in [6.07, 6.45) is 0. The summed E-state index contributed by atoms with van der Waals surface area (Å²) in [4.78, 5) is 4.04. The predicted octanol–water partition coefficient (Wildman–Crippen LogP) is 2.37. The molecule has 0 aliphatic heterocycles. The van der Waals surface area contributed by atoms with E-state index >= 15 is 0 Å². The minimum absolute atomic E-state index is 0.435. The van der Waals surface area contributed by atoms with Crippen molar-refractivity contribution in [3.63, 3.8) is 0 Å². The van der Waals surface area contributed by atoms with Crippen LogP contribution in [0.2, 0.25) is 0 Å². The van der Waals surface area contributed by atoms with Crippen LogP contribution in [-0.4, -0.2) is 12.8 Å². The van der Waals surface area contributed by atoms with E-state index in [0.29, 0.717) is 17.9 Å². The van der Waals surface area contributed by atoms with Crippen LogP contribution >= 0.6 is 0 Å². The fourth-order valence-electron chi connectivity index (χ4n) is 1.19. The Morgan fingerprint density at radius 1 is 1.00 bits per heavy atom. The van der Waals surface area contributed by atoms with E-state index in [2.05, 4.69) is 39.4 Å². The summed E-state index contributed by atoms with van der Waals surface area (Å²) in [5.41, 5.74) is 0. The highest BCUT2D eigenvalue weighted by molar-refractivity contribution is 5.24. The van der Waals surface area contributed by atoms with E-state index in [0.717, 1.165) is 0 Å². The van der Waals surface area contributed by atoms with E-state index in [9.17, 15) is 0 Å². The summed E-state index contributed by atoms with van der Waals surface area (Å²) in [7, 11) is 0. The molecule has 0 amide bonds. The molecular formula is C8H17N. The van der Waals surface area contributed by atoms with Gasteiger partial charge in [0.2, 0.25) is 0 Å². The van der Waals surface area contributed by atoms with Gasteiger partial charge in [0.15, 0.2) is 0 Å². The largest absolute Gasteiger partial charge is 0.297 e. The molecule has 0 spiro atoms. The number of rotatable bonds is 3. The smallest absolute Gasteiger partial charge is 0.0538 e. The van der Waals surface area contributed by atoms with Crippen molar-refractivity contribution in [1.82, 2.24) is 0 Å². The Balaban J connectivity index is 3.82. The third-order valence-electron chi connectivity index (χ3n) is 1.58. The van der Waals surface area contributed by atoms with Gasteiger partial charge in [-0.25, -0.2) is 0 Å². The van der Waals surface area contributed by atoms with Gasteiger partial charge in [0.25, 0.3) is 0 Å². The third kappa shape index (κ3) is 2.64.